The fourth-order valence-electron chi connectivity index (χ4n) is 3.81. The van der Waals surface area contributed by atoms with Gasteiger partial charge in [-0.1, -0.05) is 29.8 Å². The van der Waals surface area contributed by atoms with E-state index < -0.39 is 10.0 Å². The number of sulfonamides is 1. The molecule has 0 bridgehead atoms. The third-order valence-corrected chi connectivity index (χ3v) is 7.47. The van der Waals surface area contributed by atoms with Gasteiger partial charge in [-0.25, -0.2) is 12.7 Å². The zero-order chi connectivity index (χ0) is 18.7. The predicted octanol–water partition coefficient (Wildman–Crippen LogP) is 1.87. The Morgan fingerprint density at radius 2 is 2.08 bits per heavy atom. The molecule has 1 aromatic carbocycles. The number of benzene rings is 1. The molecule has 1 amide bonds. The minimum absolute atomic E-state index is 0.0347. The number of rotatable bonds is 4. The lowest BCUT2D eigenvalue weighted by Crippen LogP contribution is -2.53. The van der Waals surface area contributed by atoms with Crippen molar-refractivity contribution in [1.82, 2.24) is 14.5 Å². The number of hydrogen-bond acceptors (Lipinski definition) is 4. The standard InChI is InChI=1S/C18H26ClN3O3S/c1-2-26(24,25)21-10-5-6-14(13-21)18(23)22-11-9-20-12-17(22)15-7-3-4-8-16(15)19/h3-4,7-8,14,17,20H,2,5-6,9-13H2,1H3. The maximum atomic E-state index is 13.2. The van der Waals surface area contributed by atoms with Crippen LogP contribution in [0.15, 0.2) is 24.3 Å². The van der Waals surface area contributed by atoms with E-state index in [9.17, 15) is 13.2 Å². The molecule has 144 valence electrons. The average Bonchev–Trinajstić information content (AvgIpc) is 2.68. The summed E-state index contributed by atoms with van der Waals surface area (Å²) in [7, 11) is -3.26. The van der Waals surface area contributed by atoms with Crippen molar-refractivity contribution in [2.45, 2.75) is 25.8 Å². The predicted molar refractivity (Wildman–Crippen MR) is 103 cm³/mol. The Balaban J connectivity index is 1.79. The lowest BCUT2D eigenvalue weighted by atomic mass is 9.95. The van der Waals surface area contributed by atoms with Crippen LogP contribution in [0.4, 0.5) is 0 Å². The normalized spacial score (nSPS) is 25.2. The Bertz CT molecular complexity index is 756. The monoisotopic (exact) mass is 399 g/mol. The molecule has 2 saturated heterocycles. The third kappa shape index (κ3) is 4.06. The molecular weight excluding hydrogens is 374 g/mol. The molecule has 0 radical (unpaired) electrons. The highest BCUT2D eigenvalue weighted by molar-refractivity contribution is 7.89. The van der Waals surface area contributed by atoms with Crippen molar-refractivity contribution >= 4 is 27.5 Å². The van der Waals surface area contributed by atoms with Crippen molar-refractivity contribution < 1.29 is 13.2 Å². The second kappa shape index (κ2) is 8.25. The number of piperazine rings is 1. The van der Waals surface area contributed by atoms with Gasteiger partial charge in [0.1, 0.15) is 0 Å². The van der Waals surface area contributed by atoms with Crippen LogP contribution in [0.25, 0.3) is 0 Å². The summed E-state index contributed by atoms with van der Waals surface area (Å²) >= 11 is 6.36. The first-order valence-electron chi connectivity index (χ1n) is 9.17. The average molecular weight is 400 g/mol. The van der Waals surface area contributed by atoms with Gasteiger partial charge in [-0.2, -0.15) is 0 Å². The summed E-state index contributed by atoms with van der Waals surface area (Å²) in [5, 5.41) is 3.98. The molecule has 6 nitrogen and oxygen atoms in total. The first-order chi connectivity index (χ1) is 12.4. The molecule has 2 aliphatic rings. The molecule has 2 atom stereocenters. The van der Waals surface area contributed by atoms with E-state index in [1.165, 1.54) is 4.31 Å². The van der Waals surface area contributed by atoms with Gasteiger partial charge in [-0.05, 0) is 31.4 Å². The van der Waals surface area contributed by atoms with Crippen LogP contribution >= 0.6 is 11.6 Å². The van der Waals surface area contributed by atoms with Crippen LogP contribution < -0.4 is 5.32 Å². The third-order valence-electron chi connectivity index (χ3n) is 5.28. The van der Waals surface area contributed by atoms with E-state index in [0.717, 1.165) is 24.9 Å². The van der Waals surface area contributed by atoms with E-state index in [0.29, 0.717) is 24.7 Å². The van der Waals surface area contributed by atoms with Crippen molar-refractivity contribution in [2.24, 2.45) is 5.92 Å². The molecule has 0 aromatic heterocycles. The molecule has 0 aliphatic carbocycles. The molecule has 0 spiro atoms. The van der Waals surface area contributed by atoms with Gasteiger partial charge in [0.2, 0.25) is 15.9 Å². The number of nitrogens with one attached hydrogen (secondary N) is 1. The van der Waals surface area contributed by atoms with Crippen molar-refractivity contribution in [3.05, 3.63) is 34.9 Å². The lowest BCUT2D eigenvalue weighted by molar-refractivity contribution is -0.140. The lowest BCUT2D eigenvalue weighted by Gasteiger charge is -2.40. The number of nitrogens with zero attached hydrogens (tertiary/aromatic N) is 2. The number of hydrogen-bond donors (Lipinski definition) is 1. The first kappa shape index (κ1) is 19.6. The highest BCUT2D eigenvalue weighted by Crippen LogP contribution is 2.31. The summed E-state index contributed by atoms with van der Waals surface area (Å²) in [6, 6.07) is 7.47. The molecular formula is C18H26ClN3O3S. The summed E-state index contributed by atoms with van der Waals surface area (Å²) in [5.74, 6) is -0.176. The Kier molecular flexibility index (Phi) is 6.22. The van der Waals surface area contributed by atoms with Crippen LogP contribution in [-0.2, 0) is 14.8 Å². The van der Waals surface area contributed by atoms with Gasteiger partial charge in [0, 0.05) is 37.7 Å². The second-order valence-electron chi connectivity index (χ2n) is 6.87. The molecule has 2 fully saturated rings. The number of halogens is 1. The number of carbonyl (C=O) groups is 1. The molecule has 8 heteroatoms. The fraction of sp³-hybridized carbons (Fsp3) is 0.611. The molecule has 1 aromatic rings. The number of amides is 1. The quantitative estimate of drug-likeness (QED) is 0.839. The maximum absolute atomic E-state index is 13.2. The first-order valence-corrected chi connectivity index (χ1v) is 11.2. The number of carbonyl (C=O) groups excluding carboxylic acids is 1. The van der Waals surface area contributed by atoms with Crippen LogP contribution in [0.1, 0.15) is 31.4 Å². The van der Waals surface area contributed by atoms with Crippen molar-refractivity contribution in [1.29, 1.82) is 0 Å². The molecule has 26 heavy (non-hydrogen) atoms. The summed E-state index contributed by atoms with van der Waals surface area (Å²) in [4.78, 5) is 15.1. The van der Waals surface area contributed by atoms with E-state index in [1.807, 2.05) is 29.2 Å². The van der Waals surface area contributed by atoms with E-state index in [2.05, 4.69) is 5.32 Å². The van der Waals surface area contributed by atoms with Crippen molar-refractivity contribution in [2.75, 3.05) is 38.5 Å². The van der Waals surface area contributed by atoms with Crippen LogP contribution in [0, 0.1) is 5.92 Å². The zero-order valence-electron chi connectivity index (χ0n) is 15.0. The topological polar surface area (TPSA) is 69.7 Å². The molecule has 0 saturated carbocycles. The minimum atomic E-state index is -3.26. The van der Waals surface area contributed by atoms with Crippen molar-refractivity contribution in [3.63, 3.8) is 0 Å². The SMILES string of the molecule is CCS(=O)(=O)N1CCCC(C(=O)N2CCNCC2c2ccccc2Cl)C1. The Hall–Kier alpha value is -1.15. The largest absolute Gasteiger partial charge is 0.333 e. The fourth-order valence-corrected chi connectivity index (χ4v) is 5.25. The minimum Gasteiger partial charge on any atom is -0.333 e. The Labute approximate surface area is 160 Å². The molecule has 2 aliphatic heterocycles. The smallest absolute Gasteiger partial charge is 0.227 e. The van der Waals surface area contributed by atoms with E-state index in [-0.39, 0.29) is 30.2 Å². The molecule has 2 heterocycles. The summed E-state index contributed by atoms with van der Waals surface area (Å²) in [5.41, 5.74) is 0.934. The summed E-state index contributed by atoms with van der Waals surface area (Å²) in [6.45, 7) is 4.43. The van der Waals surface area contributed by atoms with Crippen LogP contribution in [0.3, 0.4) is 0 Å². The molecule has 1 N–H and O–H groups in total. The van der Waals surface area contributed by atoms with Crippen molar-refractivity contribution in [3.8, 4) is 0 Å². The van der Waals surface area contributed by atoms with Gasteiger partial charge in [-0.3, -0.25) is 4.79 Å². The van der Waals surface area contributed by atoms with Gasteiger partial charge in [-0.15, -0.1) is 0 Å². The Morgan fingerprint density at radius 3 is 2.81 bits per heavy atom. The van der Waals surface area contributed by atoms with Gasteiger partial charge in [0.25, 0.3) is 0 Å². The van der Waals surface area contributed by atoms with Crippen LogP contribution in [0.5, 0.6) is 0 Å². The highest BCUT2D eigenvalue weighted by atomic mass is 35.5. The van der Waals surface area contributed by atoms with Gasteiger partial charge < -0.3 is 10.2 Å². The highest BCUT2D eigenvalue weighted by Gasteiger charge is 2.37. The Morgan fingerprint density at radius 1 is 1.31 bits per heavy atom. The molecule has 2 unspecified atom stereocenters. The maximum Gasteiger partial charge on any atom is 0.227 e. The second-order valence-corrected chi connectivity index (χ2v) is 9.54. The molecule has 3 rings (SSSR count). The van der Waals surface area contributed by atoms with E-state index in [4.69, 9.17) is 11.6 Å². The summed E-state index contributed by atoms with van der Waals surface area (Å²) < 4.78 is 25.9. The van der Waals surface area contributed by atoms with Crippen LogP contribution in [0.2, 0.25) is 5.02 Å². The summed E-state index contributed by atoms with van der Waals surface area (Å²) in [6.07, 6.45) is 1.45. The number of piperidine rings is 1. The van der Waals surface area contributed by atoms with Crippen LogP contribution in [-0.4, -0.2) is 62.0 Å². The van der Waals surface area contributed by atoms with E-state index in [1.54, 1.807) is 6.92 Å². The zero-order valence-corrected chi connectivity index (χ0v) is 16.6. The van der Waals surface area contributed by atoms with Gasteiger partial charge >= 0.3 is 0 Å². The van der Waals surface area contributed by atoms with E-state index >= 15 is 0 Å². The van der Waals surface area contributed by atoms with Gasteiger partial charge in [0.05, 0.1) is 17.7 Å². The van der Waals surface area contributed by atoms with Gasteiger partial charge in [0.15, 0.2) is 0 Å².